The number of imidazole rings is 1. The molecular weight excluding hydrogens is 493 g/mol. The number of amides is 1. The molecule has 0 saturated carbocycles. The van der Waals surface area contributed by atoms with E-state index in [1.807, 2.05) is 67.6 Å². The predicted molar refractivity (Wildman–Crippen MR) is 147 cm³/mol. The number of halogens is 2. The number of rotatable bonds is 12. The summed E-state index contributed by atoms with van der Waals surface area (Å²) in [7, 11) is 0. The van der Waals surface area contributed by atoms with Gasteiger partial charge in [0.2, 0.25) is 5.91 Å². The van der Waals surface area contributed by atoms with Crippen LogP contribution in [0.15, 0.2) is 66.7 Å². The van der Waals surface area contributed by atoms with Crippen LogP contribution in [-0.2, 0) is 24.2 Å². The molecule has 4 aromatic rings. The van der Waals surface area contributed by atoms with Crippen molar-refractivity contribution >= 4 is 40.1 Å². The number of hydrogen-bond donors (Lipinski definition) is 1. The van der Waals surface area contributed by atoms with E-state index in [2.05, 4.69) is 16.0 Å². The van der Waals surface area contributed by atoms with E-state index < -0.39 is 0 Å². The zero-order valence-corrected chi connectivity index (χ0v) is 22.0. The molecule has 0 spiro atoms. The number of benzene rings is 3. The van der Waals surface area contributed by atoms with Crippen molar-refractivity contribution in [1.29, 1.82) is 0 Å². The number of aryl methyl sites for hydroxylation is 2. The largest absolute Gasteiger partial charge is 0.492 e. The van der Waals surface area contributed by atoms with Crippen molar-refractivity contribution in [3.05, 3.63) is 93.7 Å². The molecule has 0 aliphatic heterocycles. The zero-order chi connectivity index (χ0) is 25.3. The molecule has 36 heavy (non-hydrogen) atoms. The van der Waals surface area contributed by atoms with Gasteiger partial charge >= 0.3 is 0 Å². The number of fused-ring (bicyclic) bond motifs is 1. The lowest BCUT2D eigenvalue weighted by atomic mass is 10.1. The Labute approximate surface area is 222 Å². The van der Waals surface area contributed by atoms with E-state index in [-0.39, 0.29) is 5.91 Å². The van der Waals surface area contributed by atoms with E-state index >= 15 is 0 Å². The van der Waals surface area contributed by atoms with Crippen LogP contribution in [0, 0.1) is 6.92 Å². The minimum absolute atomic E-state index is 0.000716. The smallest absolute Gasteiger partial charge is 0.224 e. The number of carbonyl (C=O) groups excluding carboxylic acids is 1. The second-order valence-corrected chi connectivity index (χ2v) is 9.67. The van der Waals surface area contributed by atoms with Crippen molar-refractivity contribution in [3.8, 4) is 5.75 Å². The Kier molecular flexibility index (Phi) is 9.26. The van der Waals surface area contributed by atoms with Gasteiger partial charge in [-0.05, 0) is 67.3 Å². The molecule has 0 fully saturated rings. The van der Waals surface area contributed by atoms with Crippen molar-refractivity contribution in [2.75, 3.05) is 13.2 Å². The lowest BCUT2D eigenvalue weighted by Crippen LogP contribution is -2.26. The Morgan fingerprint density at radius 3 is 2.61 bits per heavy atom. The summed E-state index contributed by atoms with van der Waals surface area (Å²) in [6.45, 7) is 3.90. The van der Waals surface area contributed by atoms with Crippen LogP contribution >= 0.6 is 23.2 Å². The monoisotopic (exact) mass is 523 g/mol. The van der Waals surface area contributed by atoms with Gasteiger partial charge in [-0.2, -0.15) is 0 Å². The Morgan fingerprint density at radius 2 is 1.78 bits per heavy atom. The van der Waals surface area contributed by atoms with Crippen molar-refractivity contribution in [2.24, 2.45) is 0 Å². The van der Waals surface area contributed by atoms with Gasteiger partial charge in [-0.3, -0.25) is 4.79 Å². The van der Waals surface area contributed by atoms with Gasteiger partial charge in [-0.1, -0.05) is 60.0 Å². The van der Waals surface area contributed by atoms with Gasteiger partial charge in [0, 0.05) is 23.0 Å². The Balaban J connectivity index is 1.25. The summed E-state index contributed by atoms with van der Waals surface area (Å²) in [5.74, 6) is 1.88. The summed E-state index contributed by atoms with van der Waals surface area (Å²) >= 11 is 12.3. The molecule has 3 aromatic carbocycles. The van der Waals surface area contributed by atoms with E-state index in [9.17, 15) is 4.79 Å². The molecule has 7 heteroatoms. The molecular formula is C29H31Cl2N3O2. The molecule has 0 aliphatic rings. The summed E-state index contributed by atoms with van der Waals surface area (Å²) < 4.78 is 8.25. The molecule has 5 nitrogen and oxygen atoms in total. The lowest BCUT2D eigenvalue weighted by molar-refractivity contribution is -0.120. The summed E-state index contributed by atoms with van der Waals surface area (Å²) in [5.41, 5.74) is 3.98. The summed E-state index contributed by atoms with van der Waals surface area (Å²) in [6.07, 6.45) is 4.12. The lowest BCUT2D eigenvalue weighted by Gasteiger charge is -2.12. The highest BCUT2D eigenvalue weighted by atomic mass is 35.5. The van der Waals surface area contributed by atoms with Crippen LogP contribution in [-0.4, -0.2) is 28.6 Å². The van der Waals surface area contributed by atoms with Crippen molar-refractivity contribution < 1.29 is 9.53 Å². The van der Waals surface area contributed by atoms with Crippen molar-refractivity contribution in [1.82, 2.24) is 14.9 Å². The number of ether oxygens (including phenoxy) is 1. The molecule has 1 N–H and O–H groups in total. The third-order valence-corrected chi connectivity index (χ3v) is 6.95. The number of para-hydroxylation sites is 2. The topological polar surface area (TPSA) is 56.1 Å². The Morgan fingerprint density at radius 1 is 0.972 bits per heavy atom. The van der Waals surface area contributed by atoms with Gasteiger partial charge < -0.3 is 14.6 Å². The van der Waals surface area contributed by atoms with Crippen LogP contribution < -0.4 is 10.1 Å². The van der Waals surface area contributed by atoms with Crippen LogP contribution in [0.3, 0.4) is 0 Å². The van der Waals surface area contributed by atoms with Crippen LogP contribution in [0.25, 0.3) is 11.0 Å². The minimum Gasteiger partial charge on any atom is -0.492 e. The molecule has 4 rings (SSSR count). The maximum atomic E-state index is 12.2. The molecule has 188 valence electrons. The van der Waals surface area contributed by atoms with Crippen LogP contribution in [0.5, 0.6) is 5.75 Å². The molecule has 1 heterocycles. The minimum atomic E-state index is 0.000716. The third-order valence-electron chi connectivity index (χ3n) is 6.15. The summed E-state index contributed by atoms with van der Waals surface area (Å²) in [5, 5.41) is 4.37. The highest BCUT2D eigenvalue weighted by molar-refractivity contribution is 6.31. The number of carbonyl (C=O) groups is 1. The fourth-order valence-electron chi connectivity index (χ4n) is 4.22. The van der Waals surface area contributed by atoms with Gasteiger partial charge in [0.15, 0.2) is 0 Å². The van der Waals surface area contributed by atoms with E-state index in [0.717, 1.165) is 71.0 Å². The number of aromatic nitrogens is 2. The van der Waals surface area contributed by atoms with Gasteiger partial charge in [0.05, 0.1) is 24.0 Å². The van der Waals surface area contributed by atoms with Gasteiger partial charge in [0.25, 0.3) is 0 Å². The standard InChI is InChI=1S/C29H31Cl2N3O2/c1-21-19-23(14-15-24(21)30)36-18-17-34-27-12-7-6-11-26(27)33-28(34)13-3-2-8-16-32-29(35)20-22-9-4-5-10-25(22)31/h4-7,9-12,14-15,19H,2-3,8,13,16-18,20H2,1H3,(H,32,35). The van der Waals surface area contributed by atoms with Crippen LogP contribution in [0.4, 0.5) is 0 Å². The number of unbranched alkanes of at least 4 members (excludes halogenated alkanes) is 2. The normalized spacial score (nSPS) is 11.1. The Bertz CT molecular complexity index is 1320. The first-order valence-corrected chi connectivity index (χ1v) is 13.1. The van der Waals surface area contributed by atoms with Crippen LogP contribution in [0.1, 0.15) is 36.2 Å². The quantitative estimate of drug-likeness (QED) is 0.207. The number of hydrogen-bond acceptors (Lipinski definition) is 3. The fourth-order valence-corrected chi connectivity index (χ4v) is 4.54. The molecule has 1 aromatic heterocycles. The highest BCUT2D eigenvalue weighted by Crippen LogP contribution is 2.22. The average molecular weight is 524 g/mol. The zero-order valence-electron chi connectivity index (χ0n) is 20.5. The summed E-state index contributed by atoms with van der Waals surface area (Å²) in [6, 6.07) is 21.4. The average Bonchev–Trinajstić information content (AvgIpc) is 3.22. The summed E-state index contributed by atoms with van der Waals surface area (Å²) in [4.78, 5) is 17.1. The molecule has 0 atom stereocenters. The molecule has 1 amide bonds. The first-order chi connectivity index (χ1) is 17.5. The van der Waals surface area contributed by atoms with Crippen molar-refractivity contribution in [3.63, 3.8) is 0 Å². The molecule has 0 radical (unpaired) electrons. The van der Waals surface area contributed by atoms with Crippen molar-refractivity contribution in [2.45, 2.75) is 45.6 Å². The van der Waals surface area contributed by atoms with Gasteiger partial charge in [-0.15, -0.1) is 0 Å². The van der Waals surface area contributed by atoms with Crippen LogP contribution in [0.2, 0.25) is 10.0 Å². The second kappa shape index (κ2) is 12.8. The molecule has 0 aliphatic carbocycles. The highest BCUT2D eigenvalue weighted by Gasteiger charge is 2.11. The molecule has 0 saturated heterocycles. The maximum Gasteiger partial charge on any atom is 0.224 e. The van der Waals surface area contributed by atoms with Gasteiger partial charge in [0.1, 0.15) is 18.2 Å². The first kappa shape index (κ1) is 26.1. The van der Waals surface area contributed by atoms with Gasteiger partial charge in [-0.25, -0.2) is 4.98 Å². The van der Waals surface area contributed by atoms with E-state index in [1.54, 1.807) is 0 Å². The predicted octanol–water partition coefficient (Wildman–Crippen LogP) is 6.80. The number of nitrogens with zero attached hydrogens (tertiary/aromatic N) is 2. The first-order valence-electron chi connectivity index (χ1n) is 12.3. The SMILES string of the molecule is Cc1cc(OCCn2c(CCCCCNC(=O)Cc3ccccc3Cl)nc3ccccc32)ccc1Cl. The molecule has 0 bridgehead atoms. The van der Waals surface area contributed by atoms with E-state index in [1.165, 1.54) is 0 Å². The second-order valence-electron chi connectivity index (χ2n) is 8.86. The van der Waals surface area contributed by atoms with E-state index in [0.29, 0.717) is 24.6 Å². The molecule has 0 unspecified atom stereocenters. The fraction of sp³-hybridized carbons (Fsp3) is 0.310. The van der Waals surface area contributed by atoms with E-state index in [4.69, 9.17) is 32.9 Å². The Hall–Kier alpha value is -3.02. The third kappa shape index (κ3) is 7.02. The maximum absolute atomic E-state index is 12.2. The number of nitrogens with one attached hydrogen (secondary N) is 1.